The second-order valence-corrected chi connectivity index (χ2v) is 5.52. The Morgan fingerprint density at radius 2 is 2.00 bits per heavy atom. The van der Waals surface area contributed by atoms with Crippen LogP contribution in [0.25, 0.3) is 0 Å². The van der Waals surface area contributed by atoms with Gasteiger partial charge in [0.15, 0.2) is 0 Å². The largest absolute Gasteiger partial charge is 0.386 e. The average molecular weight is 246 g/mol. The van der Waals surface area contributed by atoms with Gasteiger partial charge in [-0.3, -0.25) is 4.99 Å². The molecular formula is C16H26N2. The first-order chi connectivity index (χ1) is 8.50. The highest BCUT2D eigenvalue weighted by atomic mass is 14.9. The van der Waals surface area contributed by atoms with E-state index in [2.05, 4.69) is 62.3 Å². The summed E-state index contributed by atoms with van der Waals surface area (Å²) in [4.78, 5) is 4.59. The van der Waals surface area contributed by atoms with Gasteiger partial charge in [-0.1, -0.05) is 39.8 Å². The summed E-state index contributed by atoms with van der Waals surface area (Å²) in [5.41, 5.74) is 2.24. The van der Waals surface area contributed by atoms with Gasteiger partial charge < -0.3 is 5.32 Å². The number of nitrogens with one attached hydrogen (secondary N) is 1. The van der Waals surface area contributed by atoms with Crippen LogP contribution in [0, 0.1) is 11.3 Å². The van der Waals surface area contributed by atoms with Crippen molar-refractivity contribution in [2.24, 2.45) is 16.3 Å². The van der Waals surface area contributed by atoms with Crippen molar-refractivity contribution in [2.45, 2.75) is 40.5 Å². The van der Waals surface area contributed by atoms with Crippen LogP contribution in [0.4, 0.5) is 0 Å². The maximum atomic E-state index is 4.59. The molecule has 0 spiro atoms. The Hall–Kier alpha value is -1.31. The van der Waals surface area contributed by atoms with E-state index in [4.69, 9.17) is 0 Å². The molecule has 0 aromatic carbocycles. The van der Waals surface area contributed by atoms with E-state index in [1.54, 1.807) is 0 Å². The maximum absolute atomic E-state index is 4.59. The molecule has 100 valence electrons. The highest BCUT2D eigenvalue weighted by Gasteiger charge is 2.17. The zero-order chi connectivity index (χ0) is 13.6. The molecule has 0 radical (unpaired) electrons. The van der Waals surface area contributed by atoms with Gasteiger partial charge in [0.1, 0.15) is 0 Å². The van der Waals surface area contributed by atoms with Gasteiger partial charge in [-0.25, -0.2) is 0 Å². The third-order valence-corrected chi connectivity index (χ3v) is 3.37. The third kappa shape index (κ3) is 4.17. The zero-order valence-corrected chi connectivity index (χ0v) is 12.3. The Morgan fingerprint density at radius 1 is 1.33 bits per heavy atom. The van der Waals surface area contributed by atoms with Crippen LogP contribution in [0.3, 0.4) is 0 Å². The zero-order valence-electron chi connectivity index (χ0n) is 12.3. The van der Waals surface area contributed by atoms with E-state index in [1.807, 2.05) is 13.3 Å². The topological polar surface area (TPSA) is 24.4 Å². The number of nitrogens with zero attached hydrogens (tertiary/aromatic N) is 1. The number of rotatable bonds is 5. The van der Waals surface area contributed by atoms with Gasteiger partial charge in [0.05, 0.1) is 11.4 Å². The van der Waals surface area contributed by atoms with E-state index in [-0.39, 0.29) is 5.41 Å². The van der Waals surface area contributed by atoms with Gasteiger partial charge in [0, 0.05) is 18.7 Å². The van der Waals surface area contributed by atoms with Gasteiger partial charge in [-0.15, -0.1) is 0 Å². The van der Waals surface area contributed by atoms with Crippen molar-refractivity contribution in [1.82, 2.24) is 5.32 Å². The molecule has 0 bridgehead atoms. The van der Waals surface area contributed by atoms with E-state index in [9.17, 15) is 0 Å². The minimum Gasteiger partial charge on any atom is -0.386 e. The molecule has 0 saturated carbocycles. The van der Waals surface area contributed by atoms with E-state index in [1.165, 1.54) is 0 Å². The quantitative estimate of drug-likeness (QED) is 0.726. The number of allylic oxidation sites excluding steroid dienone is 4. The lowest BCUT2D eigenvalue weighted by atomic mass is 9.87. The fraction of sp³-hybridized carbons (Fsp3) is 0.562. The first-order valence-corrected chi connectivity index (χ1v) is 6.84. The van der Waals surface area contributed by atoms with Crippen LogP contribution in [0.15, 0.2) is 40.7 Å². The summed E-state index contributed by atoms with van der Waals surface area (Å²) in [7, 11) is 1.94. The lowest BCUT2D eigenvalue weighted by molar-refractivity contribution is 0.530. The molecule has 2 nitrogen and oxygen atoms in total. The van der Waals surface area contributed by atoms with Crippen LogP contribution in [-0.2, 0) is 0 Å². The molecule has 0 saturated heterocycles. The van der Waals surface area contributed by atoms with Gasteiger partial charge in [0.2, 0.25) is 0 Å². The van der Waals surface area contributed by atoms with E-state index >= 15 is 0 Å². The molecule has 1 N–H and O–H groups in total. The van der Waals surface area contributed by atoms with Crippen molar-refractivity contribution >= 4 is 6.21 Å². The molecule has 1 aliphatic rings. The summed E-state index contributed by atoms with van der Waals surface area (Å²) >= 11 is 0. The van der Waals surface area contributed by atoms with Gasteiger partial charge in [-0.2, -0.15) is 0 Å². The second kappa shape index (κ2) is 6.58. The smallest absolute Gasteiger partial charge is 0.0853 e. The van der Waals surface area contributed by atoms with Crippen molar-refractivity contribution in [3.63, 3.8) is 0 Å². The molecule has 1 unspecified atom stereocenters. The summed E-state index contributed by atoms with van der Waals surface area (Å²) in [6, 6.07) is 0. The van der Waals surface area contributed by atoms with Crippen LogP contribution < -0.4 is 5.32 Å². The summed E-state index contributed by atoms with van der Waals surface area (Å²) in [6.45, 7) is 8.86. The second-order valence-electron chi connectivity index (χ2n) is 5.52. The molecule has 0 amide bonds. The van der Waals surface area contributed by atoms with Crippen LogP contribution in [-0.4, -0.2) is 13.3 Å². The number of aliphatic imine (C=N–C) groups is 1. The van der Waals surface area contributed by atoms with Gasteiger partial charge in [0.25, 0.3) is 0 Å². The lowest BCUT2D eigenvalue weighted by Gasteiger charge is -2.17. The monoisotopic (exact) mass is 246 g/mol. The summed E-state index contributed by atoms with van der Waals surface area (Å²) in [5, 5.41) is 3.22. The normalized spacial score (nSPS) is 24.1. The predicted octanol–water partition coefficient (Wildman–Crippen LogP) is 4.08. The summed E-state index contributed by atoms with van der Waals surface area (Å²) < 4.78 is 0. The minimum absolute atomic E-state index is 0.136. The summed E-state index contributed by atoms with van der Waals surface area (Å²) in [6.07, 6.45) is 12.9. The Morgan fingerprint density at radius 3 is 2.56 bits per heavy atom. The third-order valence-electron chi connectivity index (χ3n) is 3.37. The predicted molar refractivity (Wildman–Crippen MR) is 80.7 cm³/mol. The fourth-order valence-corrected chi connectivity index (χ4v) is 1.70. The highest BCUT2D eigenvalue weighted by Crippen LogP contribution is 2.29. The van der Waals surface area contributed by atoms with Gasteiger partial charge >= 0.3 is 0 Å². The van der Waals surface area contributed by atoms with E-state index in [0.29, 0.717) is 5.92 Å². The SMILES string of the molecule is CCC1(C)C=CC(N=CCC(C)C)=C(NC)C=C1. The van der Waals surface area contributed by atoms with Crippen molar-refractivity contribution in [1.29, 1.82) is 0 Å². The molecule has 1 rings (SSSR count). The Kier molecular flexibility index (Phi) is 5.39. The fourth-order valence-electron chi connectivity index (χ4n) is 1.70. The molecule has 1 aliphatic carbocycles. The number of likely N-dealkylation sites (N-methyl/N-ethyl adjacent to an activating group) is 1. The van der Waals surface area contributed by atoms with Crippen LogP contribution >= 0.6 is 0 Å². The molecule has 0 aromatic rings. The standard InChI is InChI=1S/C16H26N2/c1-6-16(4)10-7-14(17-5)15(8-11-16)18-12-9-13(2)3/h7-8,10-13,17H,6,9H2,1-5H3. The molecule has 0 fully saturated rings. The molecule has 2 heteroatoms. The van der Waals surface area contributed by atoms with Crippen molar-refractivity contribution in [2.75, 3.05) is 7.05 Å². The van der Waals surface area contributed by atoms with Crippen LogP contribution in [0.5, 0.6) is 0 Å². The summed E-state index contributed by atoms with van der Waals surface area (Å²) in [5.74, 6) is 0.651. The van der Waals surface area contributed by atoms with Gasteiger partial charge in [-0.05, 0) is 30.9 Å². The molecule has 1 atom stereocenters. The number of hydrogen-bond donors (Lipinski definition) is 1. The Balaban J connectivity index is 2.93. The van der Waals surface area contributed by atoms with Crippen LogP contribution in [0.2, 0.25) is 0 Å². The molecule has 18 heavy (non-hydrogen) atoms. The molecule has 0 aliphatic heterocycles. The minimum atomic E-state index is 0.136. The average Bonchev–Trinajstić information content (AvgIpc) is 2.50. The Labute approximate surface area is 112 Å². The van der Waals surface area contributed by atoms with E-state index < -0.39 is 0 Å². The first kappa shape index (κ1) is 14.7. The van der Waals surface area contributed by atoms with Crippen molar-refractivity contribution in [3.05, 3.63) is 35.7 Å². The van der Waals surface area contributed by atoms with E-state index in [0.717, 1.165) is 24.2 Å². The first-order valence-electron chi connectivity index (χ1n) is 6.84. The lowest BCUT2D eigenvalue weighted by Crippen LogP contribution is -2.07. The molecule has 0 aromatic heterocycles. The molecular weight excluding hydrogens is 220 g/mol. The Bertz CT molecular complexity index is 386. The van der Waals surface area contributed by atoms with Crippen molar-refractivity contribution in [3.8, 4) is 0 Å². The number of hydrogen-bond acceptors (Lipinski definition) is 2. The highest BCUT2D eigenvalue weighted by molar-refractivity contribution is 5.60. The van der Waals surface area contributed by atoms with Crippen molar-refractivity contribution < 1.29 is 0 Å². The van der Waals surface area contributed by atoms with Crippen LogP contribution in [0.1, 0.15) is 40.5 Å². The maximum Gasteiger partial charge on any atom is 0.0853 e. The molecule has 0 heterocycles.